The summed E-state index contributed by atoms with van der Waals surface area (Å²) in [6.07, 6.45) is 9.93. The number of aliphatic hydroxyl groups excluding tert-OH is 1. The zero-order chi connectivity index (χ0) is 9.97. The number of rotatable bonds is 7. The number of hydrogen-bond acceptors (Lipinski definition) is 1. The second-order valence-electron chi connectivity index (χ2n) is 5.35. The van der Waals surface area contributed by atoms with Crippen LogP contribution >= 0.6 is 0 Å². The van der Waals surface area contributed by atoms with Gasteiger partial charge in [0, 0.05) is 6.61 Å². The quantitative estimate of drug-likeness (QED) is 0.620. The maximum atomic E-state index is 8.99. The molecule has 0 amide bonds. The lowest BCUT2D eigenvalue weighted by Gasteiger charge is -1.99. The summed E-state index contributed by atoms with van der Waals surface area (Å²) >= 11 is 0. The van der Waals surface area contributed by atoms with Gasteiger partial charge in [0.1, 0.15) is 0 Å². The summed E-state index contributed by atoms with van der Waals surface area (Å²) in [4.78, 5) is 0. The molecule has 0 aliphatic heterocycles. The van der Waals surface area contributed by atoms with Gasteiger partial charge in [-0.3, -0.25) is 0 Å². The fourth-order valence-electron chi connectivity index (χ4n) is 2.97. The van der Waals surface area contributed by atoms with Gasteiger partial charge >= 0.3 is 0 Å². The van der Waals surface area contributed by atoms with E-state index < -0.39 is 0 Å². The van der Waals surface area contributed by atoms with Crippen molar-refractivity contribution >= 4 is 0 Å². The molecule has 4 unspecified atom stereocenters. The fraction of sp³-hybridized carbons (Fsp3) is 1.00. The van der Waals surface area contributed by atoms with Crippen LogP contribution in [0.25, 0.3) is 0 Å². The van der Waals surface area contributed by atoms with Crippen molar-refractivity contribution in [3.05, 3.63) is 0 Å². The van der Waals surface area contributed by atoms with Crippen LogP contribution in [-0.2, 0) is 0 Å². The van der Waals surface area contributed by atoms with Crippen molar-refractivity contribution in [2.24, 2.45) is 23.7 Å². The lowest BCUT2D eigenvalue weighted by Crippen LogP contribution is -1.92. The Balaban J connectivity index is 1.50. The SMILES string of the molecule is CCCCCCC1CC1C1CC1CO. The van der Waals surface area contributed by atoms with Gasteiger partial charge in [-0.2, -0.15) is 0 Å². The van der Waals surface area contributed by atoms with Gasteiger partial charge in [-0.1, -0.05) is 39.0 Å². The summed E-state index contributed by atoms with van der Waals surface area (Å²) in [5, 5.41) is 8.99. The number of hydrogen-bond donors (Lipinski definition) is 1. The molecule has 1 heteroatoms. The summed E-state index contributed by atoms with van der Waals surface area (Å²) in [5.74, 6) is 3.69. The molecule has 0 aromatic carbocycles. The number of aliphatic hydroxyl groups is 1. The first-order valence-electron chi connectivity index (χ1n) is 6.47. The van der Waals surface area contributed by atoms with Crippen LogP contribution in [0.3, 0.4) is 0 Å². The summed E-state index contributed by atoms with van der Waals surface area (Å²) < 4.78 is 0. The average molecular weight is 196 g/mol. The van der Waals surface area contributed by atoms with Gasteiger partial charge in [-0.25, -0.2) is 0 Å². The molecule has 1 N–H and O–H groups in total. The van der Waals surface area contributed by atoms with E-state index in [0.717, 1.165) is 17.8 Å². The highest BCUT2D eigenvalue weighted by Crippen LogP contribution is 2.59. The second kappa shape index (κ2) is 4.65. The molecule has 0 aromatic rings. The summed E-state index contributed by atoms with van der Waals surface area (Å²) in [6, 6.07) is 0. The first-order valence-corrected chi connectivity index (χ1v) is 6.47. The van der Waals surface area contributed by atoms with E-state index in [9.17, 15) is 0 Å². The van der Waals surface area contributed by atoms with E-state index in [1.54, 1.807) is 0 Å². The predicted molar refractivity (Wildman–Crippen MR) is 59.0 cm³/mol. The highest BCUT2D eigenvalue weighted by Gasteiger charge is 2.52. The maximum absolute atomic E-state index is 8.99. The Kier molecular flexibility index (Phi) is 3.48. The Bertz CT molecular complexity index is 178. The third-order valence-electron chi connectivity index (χ3n) is 4.17. The Labute approximate surface area is 87.9 Å². The highest BCUT2D eigenvalue weighted by molar-refractivity contribution is 5.01. The highest BCUT2D eigenvalue weighted by atomic mass is 16.3. The first-order chi connectivity index (χ1) is 6.86. The molecule has 2 saturated carbocycles. The van der Waals surface area contributed by atoms with Crippen LogP contribution in [0.2, 0.25) is 0 Å². The van der Waals surface area contributed by atoms with E-state index in [1.807, 2.05) is 0 Å². The van der Waals surface area contributed by atoms with Gasteiger partial charge in [0.2, 0.25) is 0 Å². The normalized spacial score (nSPS) is 39.9. The minimum atomic E-state index is 0.448. The van der Waals surface area contributed by atoms with Crippen LogP contribution in [0.5, 0.6) is 0 Å². The van der Waals surface area contributed by atoms with Crippen LogP contribution in [0.15, 0.2) is 0 Å². The van der Waals surface area contributed by atoms with Gasteiger partial charge in [-0.15, -0.1) is 0 Å². The van der Waals surface area contributed by atoms with Gasteiger partial charge in [0.25, 0.3) is 0 Å². The van der Waals surface area contributed by atoms with Crippen LogP contribution in [-0.4, -0.2) is 11.7 Å². The van der Waals surface area contributed by atoms with Gasteiger partial charge in [0.05, 0.1) is 0 Å². The van der Waals surface area contributed by atoms with Crippen molar-refractivity contribution < 1.29 is 5.11 Å². The van der Waals surface area contributed by atoms with Crippen molar-refractivity contribution in [2.75, 3.05) is 6.61 Å². The van der Waals surface area contributed by atoms with Crippen molar-refractivity contribution in [1.29, 1.82) is 0 Å². The Morgan fingerprint density at radius 3 is 2.36 bits per heavy atom. The topological polar surface area (TPSA) is 20.2 Å². The molecule has 2 aliphatic rings. The molecule has 82 valence electrons. The molecule has 0 heterocycles. The largest absolute Gasteiger partial charge is 0.396 e. The zero-order valence-electron chi connectivity index (χ0n) is 9.41. The van der Waals surface area contributed by atoms with Crippen LogP contribution in [0, 0.1) is 23.7 Å². The lowest BCUT2D eigenvalue weighted by atomic mass is 10.1. The van der Waals surface area contributed by atoms with Gasteiger partial charge < -0.3 is 5.11 Å². The molecule has 0 saturated heterocycles. The van der Waals surface area contributed by atoms with Gasteiger partial charge in [-0.05, 0) is 36.5 Å². The summed E-state index contributed by atoms with van der Waals surface area (Å²) in [7, 11) is 0. The lowest BCUT2D eigenvalue weighted by molar-refractivity contribution is 0.265. The number of unbranched alkanes of at least 4 members (excludes halogenated alkanes) is 3. The molecule has 2 rings (SSSR count). The van der Waals surface area contributed by atoms with E-state index in [-0.39, 0.29) is 0 Å². The minimum absolute atomic E-state index is 0.448. The standard InChI is InChI=1S/C13H24O/c1-2-3-4-5-6-10-7-12(10)13-8-11(13)9-14/h10-14H,2-9H2,1H3. The van der Waals surface area contributed by atoms with E-state index >= 15 is 0 Å². The van der Waals surface area contributed by atoms with Crippen molar-refractivity contribution in [3.63, 3.8) is 0 Å². The molecular formula is C13H24O. The Hall–Kier alpha value is -0.0400. The van der Waals surface area contributed by atoms with Crippen LogP contribution in [0.1, 0.15) is 51.9 Å². The van der Waals surface area contributed by atoms with E-state index in [2.05, 4.69) is 6.92 Å². The molecule has 1 nitrogen and oxygen atoms in total. The van der Waals surface area contributed by atoms with Crippen LogP contribution < -0.4 is 0 Å². The molecule has 0 radical (unpaired) electrons. The molecule has 0 bridgehead atoms. The van der Waals surface area contributed by atoms with Crippen molar-refractivity contribution in [1.82, 2.24) is 0 Å². The average Bonchev–Trinajstić information content (AvgIpc) is 3.04. The zero-order valence-corrected chi connectivity index (χ0v) is 9.41. The van der Waals surface area contributed by atoms with Gasteiger partial charge in [0.15, 0.2) is 0 Å². The fourth-order valence-corrected chi connectivity index (χ4v) is 2.97. The summed E-state index contributed by atoms with van der Waals surface area (Å²) in [6.45, 7) is 2.72. The Morgan fingerprint density at radius 2 is 1.71 bits per heavy atom. The molecule has 2 aliphatic carbocycles. The Morgan fingerprint density at radius 1 is 1.00 bits per heavy atom. The smallest absolute Gasteiger partial charge is 0.0462 e. The summed E-state index contributed by atoms with van der Waals surface area (Å²) in [5.41, 5.74) is 0. The molecule has 0 aromatic heterocycles. The molecule has 0 spiro atoms. The van der Waals surface area contributed by atoms with E-state index in [0.29, 0.717) is 12.5 Å². The third kappa shape index (κ3) is 2.50. The molecule has 2 fully saturated rings. The van der Waals surface area contributed by atoms with Crippen LogP contribution in [0.4, 0.5) is 0 Å². The monoisotopic (exact) mass is 196 g/mol. The second-order valence-corrected chi connectivity index (χ2v) is 5.35. The minimum Gasteiger partial charge on any atom is -0.396 e. The first kappa shape index (κ1) is 10.5. The predicted octanol–water partition coefficient (Wildman–Crippen LogP) is 3.22. The van der Waals surface area contributed by atoms with E-state index in [1.165, 1.54) is 44.9 Å². The molecular weight excluding hydrogens is 172 g/mol. The van der Waals surface area contributed by atoms with Crippen molar-refractivity contribution in [2.45, 2.75) is 51.9 Å². The molecule has 14 heavy (non-hydrogen) atoms. The van der Waals surface area contributed by atoms with Crippen molar-refractivity contribution in [3.8, 4) is 0 Å². The third-order valence-corrected chi connectivity index (χ3v) is 4.17. The maximum Gasteiger partial charge on any atom is 0.0462 e. The molecule has 4 atom stereocenters. The van der Waals surface area contributed by atoms with E-state index in [4.69, 9.17) is 5.11 Å².